The van der Waals surface area contributed by atoms with Crippen molar-refractivity contribution in [3.05, 3.63) is 64.0 Å². The summed E-state index contributed by atoms with van der Waals surface area (Å²) >= 11 is 1.54. The van der Waals surface area contributed by atoms with E-state index in [1.54, 1.807) is 29.0 Å². The van der Waals surface area contributed by atoms with Crippen LogP contribution in [-0.2, 0) is 16.5 Å². The van der Waals surface area contributed by atoms with Crippen molar-refractivity contribution in [1.82, 2.24) is 9.88 Å². The van der Waals surface area contributed by atoms with Crippen molar-refractivity contribution in [3.8, 4) is 11.3 Å². The van der Waals surface area contributed by atoms with Crippen LogP contribution >= 0.6 is 11.3 Å². The Morgan fingerprint density at radius 3 is 2.18 bits per heavy atom. The summed E-state index contributed by atoms with van der Waals surface area (Å²) in [4.78, 5) is 19.7. The highest BCUT2D eigenvalue weighted by Gasteiger charge is 2.20. The number of hydrogen-bond acceptors (Lipinski definition) is 5. The largest absolute Gasteiger partial charge is 0.354 e. The summed E-state index contributed by atoms with van der Waals surface area (Å²) in [7, 11) is 0.550. The zero-order valence-corrected chi connectivity index (χ0v) is 22.2. The SMILES string of the molecule is CC(C)c1cc(-c2cscn2)cc(C(C)C)c1NC(=O)N=S(N)(=O)c1ccc(CN(C)C)cc1. The van der Waals surface area contributed by atoms with Crippen molar-refractivity contribution in [2.75, 3.05) is 19.4 Å². The molecular weight excluding hydrogens is 466 g/mol. The normalized spacial score (nSPS) is 13.4. The summed E-state index contributed by atoms with van der Waals surface area (Å²) < 4.78 is 17.0. The van der Waals surface area contributed by atoms with Crippen LogP contribution in [0, 0.1) is 0 Å². The Bertz CT molecular complexity index is 1230. The van der Waals surface area contributed by atoms with Crippen LogP contribution in [-0.4, -0.2) is 34.2 Å². The Morgan fingerprint density at radius 2 is 1.71 bits per heavy atom. The van der Waals surface area contributed by atoms with E-state index in [4.69, 9.17) is 5.14 Å². The first-order valence-electron chi connectivity index (χ1n) is 11.1. The van der Waals surface area contributed by atoms with E-state index < -0.39 is 15.9 Å². The Balaban J connectivity index is 1.97. The predicted octanol–water partition coefficient (Wildman–Crippen LogP) is 6.05. The molecule has 7 nitrogen and oxygen atoms in total. The molecule has 0 fully saturated rings. The Labute approximate surface area is 206 Å². The summed E-state index contributed by atoms with van der Waals surface area (Å²) in [6.45, 7) is 9.02. The maximum absolute atomic E-state index is 13.1. The summed E-state index contributed by atoms with van der Waals surface area (Å²) in [5, 5.41) is 10.9. The van der Waals surface area contributed by atoms with Crippen LogP contribution in [0.4, 0.5) is 10.5 Å². The van der Waals surface area contributed by atoms with Gasteiger partial charge in [-0.2, -0.15) is 0 Å². The fraction of sp³-hybridized carbons (Fsp3) is 0.360. The lowest BCUT2D eigenvalue weighted by Crippen LogP contribution is -2.19. The predicted molar refractivity (Wildman–Crippen MR) is 142 cm³/mol. The molecule has 1 heterocycles. The van der Waals surface area contributed by atoms with Crippen molar-refractivity contribution in [2.45, 2.75) is 51.0 Å². The van der Waals surface area contributed by atoms with Gasteiger partial charge in [0.05, 0.1) is 16.1 Å². The standard InChI is InChI=1S/C25H33N5O2S2/c1-16(2)21-11-19(23-14-33-15-27-23)12-22(17(3)4)24(21)28-25(31)29-34(26,32)20-9-7-18(8-10-20)13-30(5)6/h7-12,14-17H,13H2,1-6H3,(H3,26,28,29,31,32). The quantitative estimate of drug-likeness (QED) is 0.413. The van der Waals surface area contributed by atoms with Crippen molar-refractivity contribution in [1.29, 1.82) is 0 Å². The van der Waals surface area contributed by atoms with Crippen molar-refractivity contribution >= 4 is 33.0 Å². The molecule has 9 heteroatoms. The Kier molecular flexibility index (Phi) is 8.25. The number of hydrogen-bond donors (Lipinski definition) is 2. The average Bonchev–Trinajstić information content (AvgIpc) is 3.28. The number of amides is 2. The number of nitrogens with two attached hydrogens (primary N) is 1. The third-order valence-electron chi connectivity index (χ3n) is 5.38. The molecule has 1 aromatic heterocycles. The summed E-state index contributed by atoms with van der Waals surface area (Å²) in [6, 6.07) is 10.4. The Morgan fingerprint density at radius 1 is 1.12 bits per heavy atom. The summed E-state index contributed by atoms with van der Waals surface area (Å²) in [6.07, 6.45) is 0. The fourth-order valence-corrected chi connectivity index (χ4v) is 5.19. The van der Waals surface area contributed by atoms with Gasteiger partial charge in [-0.1, -0.05) is 39.8 Å². The molecule has 182 valence electrons. The van der Waals surface area contributed by atoms with Gasteiger partial charge in [0.1, 0.15) is 9.92 Å². The van der Waals surface area contributed by atoms with Gasteiger partial charge >= 0.3 is 6.03 Å². The third-order valence-corrected chi connectivity index (χ3v) is 7.35. The van der Waals surface area contributed by atoms with Gasteiger partial charge in [0.2, 0.25) is 0 Å². The number of benzene rings is 2. The van der Waals surface area contributed by atoms with Crippen LogP contribution in [0.5, 0.6) is 0 Å². The molecule has 0 aliphatic carbocycles. The van der Waals surface area contributed by atoms with Crippen LogP contribution in [0.2, 0.25) is 0 Å². The lowest BCUT2D eigenvalue weighted by Gasteiger charge is -2.21. The first-order chi connectivity index (χ1) is 16.0. The van der Waals surface area contributed by atoms with Crippen molar-refractivity contribution in [3.63, 3.8) is 0 Å². The van der Waals surface area contributed by atoms with Gasteiger partial charge in [0, 0.05) is 23.2 Å². The van der Waals surface area contributed by atoms with E-state index in [2.05, 4.69) is 42.4 Å². The molecule has 0 spiro atoms. The van der Waals surface area contributed by atoms with E-state index in [0.29, 0.717) is 10.6 Å². The number of rotatable bonds is 7. The van der Waals surface area contributed by atoms with Gasteiger partial charge in [0.15, 0.2) is 0 Å². The second kappa shape index (κ2) is 10.8. The summed E-state index contributed by atoms with van der Waals surface area (Å²) in [5.41, 5.74) is 7.39. The second-order valence-corrected chi connectivity index (χ2v) is 11.7. The van der Waals surface area contributed by atoms with Gasteiger partial charge in [0.25, 0.3) is 0 Å². The topological polar surface area (TPSA) is 101 Å². The molecule has 2 aromatic carbocycles. The molecule has 3 aromatic rings. The molecule has 0 saturated carbocycles. The van der Waals surface area contributed by atoms with E-state index in [1.165, 1.54) is 0 Å². The van der Waals surface area contributed by atoms with Crippen LogP contribution in [0.15, 0.2) is 56.5 Å². The maximum Gasteiger partial charge on any atom is 0.354 e. The van der Waals surface area contributed by atoms with E-state index in [-0.39, 0.29) is 11.8 Å². The number of urea groups is 1. The number of carbonyl (C=O) groups excluding carboxylic acids is 1. The highest BCUT2D eigenvalue weighted by molar-refractivity contribution is 7.91. The Hall–Kier alpha value is -2.59. The van der Waals surface area contributed by atoms with E-state index >= 15 is 0 Å². The van der Waals surface area contributed by atoms with E-state index in [1.807, 2.05) is 48.6 Å². The van der Waals surface area contributed by atoms with Gasteiger partial charge in [-0.15, -0.1) is 15.7 Å². The molecule has 0 radical (unpaired) electrons. The molecule has 34 heavy (non-hydrogen) atoms. The monoisotopic (exact) mass is 499 g/mol. The van der Waals surface area contributed by atoms with Crippen molar-refractivity contribution in [2.24, 2.45) is 9.50 Å². The number of anilines is 1. The minimum atomic E-state index is -3.39. The number of nitrogens with one attached hydrogen (secondary N) is 1. The van der Waals surface area contributed by atoms with Gasteiger partial charge < -0.3 is 10.2 Å². The van der Waals surface area contributed by atoms with Crippen LogP contribution in [0.3, 0.4) is 0 Å². The molecule has 3 N–H and O–H groups in total. The highest BCUT2D eigenvalue weighted by atomic mass is 32.2. The summed E-state index contributed by atoms with van der Waals surface area (Å²) in [5.74, 6) is 0.274. The molecule has 1 unspecified atom stereocenters. The zero-order valence-electron chi connectivity index (χ0n) is 20.5. The maximum atomic E-state index is 13.1. The number of nitrogens with zero attached hydrogens (tertiary/aromatic N) is 3. The number of thiazole rings is 1. The number of carbonyl (C=O) groups is 1. The van der Waals surface area contributed by atoms with Crippen LogP contribution < -0.4 is 10.5 Å². The van der Waals surface area contributed by atoms with Gasteiger partial charge in [-0.05, 0) is 66.9 Å². The first kappa shape index (κ1) is 26.0. The van der Waals surface area contributed by atoms with Gasteiger partial charge in [-0.25, -0.2) is 19.1 Å². The van der Waals surface area contributed by atoms with E-state index in [9.17, 15) is 9.00 Å². The van der Waals surface area contributed by atoms with Gasteiger partial charge in [-0.3, -0.25) is 0 Å². The molecule has 1 atom stereocenters. The molecule has 0 aliphatic rings. The second-order valence-electron chi connectivity index (χ2n) is 9.18. The molecule has 3 rings (SSSR count). The van der Waals surface area contributed by atoms with E-state index in [0.717, 1.165) is 34.5 Å². The minimum absolute atomic E-state index is 0.137. The third kappa shape index (κ3) is 6.29. The molecule has 0 saturated heterocycles. The lowest BCUT2D eigenvalue weighted by molar-refractivity contribution is 0.260. The molecule has 0 bridgehead atoms. The average molecular weight is 500 g/mol. The molecule has 2 amide bonds. The zero-order chi connectivity index (χ0) is 25.0. The lowest BCUT2D eigenvalue weighted by atomic mass is 9.89. The first-order valence-corrected chi connectivity index (χ1v) is 13.7. The number of aromatic nitrogens is 1. The smallest absolute Gasteiger partial charge is 0.305 e. The van der Waals surface area contributed by atoms with Crippen molar-refractivity contribution < 1.29 is 9.00 Å². The minimum Gasteiger partial charge on any atom is -0.305 e. The van der Waals surface area contributed by atoms with Crippen LogP contribution in [0.1, 0.15) is 56.2 Å². The highest BCUT2D eigenvalue weighted by Crippen LogP contribution is 2.37. The fourth-order valence-electron chi connectivity index (χ4n) is 3.71. The molecule has 0 aliphatic heterocycles. The molecular formula is C25H33N5O2S2. The van der Waals surface area contributed by atoms with Crippen LogP contribution in [0.25, 0.3) is 11.3 Å².